The van der Waals surface area contributed by atoms with Crippen LogP contribution in [0.25, 0.3) is 0 Å². The molecule has 1 atom stereocenters. The van der Waals surface area contributed by atoms with Gasteiger partial charge >= 0.3 is 0 Å². The fraction of sp³-hybridized carbons (Fsp3) is 0.250. The van der Waals surface area contributed by atoms with Gasteiger partial charge in [-0.1, -0.05) is 41.9 Å². The summed E-state index contributed by atoms with van der Waals surface area (Å²) in [5.41, 5.74) is 0.282. The van der Waals surface area contributed by atoms with E-state index in [9.17, 15) is 4.39 Å². The summed E-state index contributed by atoms with van der Waals surface area (Å²) in [4.78, 5) is 0. The zero-order chi connectivity index (χ0) is 8.32. The molecule has 0 heterocycles. The van der Waals surface area contributed by atoms with E-state index in [1.165, 1.54) is 12.1 Å². The third-order valence-electron chi connectivity index (χ3n) is 1.39. The first-order valence-electron chi connectivity index (χ1n) is 3.21. The summed E-state index contributed by atoms with van der Waals surface area (Å²) in [5, 5.41) is 6.40. The molecule has 1 aromatic carbocycles. The summed E-state index contributed by atoms with van der Waals surface area (Å²) in [7, 11) is 0. The Balaban J connectivity index is 2.93. The Labute approximate surface area is 69.4 Å². The van der Waals surface area contributed by atoms with Gasteiger partial charge in [-0.2, -0.15) is 0 Å². The van der Waals surface area contributed by atoms with Crippen molar-refractivity contribution in [2.75, 3.05) is 6.61 Å². The van der Waals surface area contributed by atoms with E-state index in [1.54, 1.807) is 18.2 Å². The van der Waals surface area contributed by atoms with Crippen molar-refractivity contribution >= 4 is 11.6 Å². The largest absolute Gasteiger partial charge is 0.391 e. The van der Waals surface area contributed by atoms with E-state index >= 15 is 0 Å². The molecule has 1 aromatic rings. The molecule has 0 spiro atoms. The molecule has 1 N–H and O–H groups in total. The Bertz CT molecular complexity index is 223. The minimum Gasteiger partial charge on any atom is -0.391 e. The number of aliphatic hydroxyl groups is 1. The lowest BCUT2D eigenvalue weighted by molar-refractivity contribution is 0.144. The van der Waals surface area contributed by atoms with Gasteiger partial charge in [-0.15, -0.1) is 0 Å². The van der Waals surface area contributed by atoms with E-state index in [2.05, 4.69) is 0 Å². The normalized spacial score (nSPS) is 15.9. The van der Waals surface area contributed by atoms with Gasteiger partial charge in [-0.05, 0) is 0 Å². The Morgan fingerprint density at radius 3 is 2.36 bits per heavy atom. The molecule has 0 fully saturated rings. The molecule has 0 aliphatic rings. The monoisotopic (exact) mass is 174 g/mol. The highest BCUT2D eigenvalue weighted by Crippen LogP contribution is 2.29. The molecule has 0 radical (unpaired) electrons. The SMILES string of the molecule is OC[C@@](F)(Cl)c1ccccc1. The lowest BCUT2D eigenvalue weighted by atomic mass is 10.1. The number of aliphatic hydroxyl groups excluding tert-OH is 1. The second-order valence-electron chi connectivity index (χ2n) is 2.23. The molecular weight excluding hydrogens is 167 g/mol. The molecular formula is C8H8ClFO. The minimum absolute atomic E-state index is 0.282. The van der Waals surface area contributed by atoms with Crippen molar-refractivity contribution in [3.05, 3.63) is 35.9 Å². The van der Waals surface area contributed by atoms with E-state index in [-0.39, 0.29) is 5.56 Å². The average Bonchev–Trinajstić information content (AvgIpc) is 2.06. The quantitative estimate of drug-likeness (QED) is 0.681. The van der Waals surface area contributed by atoms with Gasteiger partial charge in [0.05, 0.1) is 6.61 Å². The van der Waals surface area contributed by atoms with Crippen LogP contribution in [0.1, 0.15) is 5.56 Å². The van der Waals surface area contributed by atoms with Crippen molar-refractivity contribution in [3.63, 3.8) is 0 Å². The van der Waals surface area contributed by atoms with Crippen LogP contribution < -0.4 is 0 Å². The van der Waals surface area contributed by atoms with Crippen molar-refractivity contribution < 1.29 is 9.50 Å². The van der Waals surface area contributed by atoms with E-state index < -0.39 is 11.7 Å². The number of benzene rings is 1. The van der Waals surface area contributed by atoms with E-state index in [0.717, 1.165) is 0 Å². The summed E-state index contributed by atoms with van der Waals surface area (Å²) in [6, 6.07) is 8.16. The summed E-state index contributed by atoms with van der Waals surface area (Å²) in [5.74, 6) is 0. The van der Waals surface area contributed by atoms with Crippen LogP contribution in [0.5, 0.6) is 0 Å². The van der Waals surface area contributed by atoms with Crippen LogP contribution in [0.4, 0.5) is 4.39 Å². The molecule has 1 rings (SSSR count). The second kappa shape index (κ2) is 3.20. The lowest BCUT2D eigenvalue weighted by Gasteiger charge is -2.14. The average molecular weight is 175 g/mol. The highest BCUT2D eigenvalue weighted by molar-refractivity contribution is 6.23. The Morgan fingerprint density at radius 1 is 1.36 bits per heavy atom. The van der Waals surface area contributed by atoms with Crippen LogP contribution in [-0.2, 0) is 5.13 Å². The maximum absolute atomic E-state index is 13.1. The molecule has 0 saturated carbocycles. The smallest absolute Gasteiger partial charge is 0.231 e. The highest BCUT2D eigenvalue weighted by Gasteiger charge is 2.27. The van der Waals surface area contributed by atoms with Crippen LogP contribution in [0.15, 0.2) is 30.3 Å². The van der Waals surface area contributed by atoms with Gasteiger partial charge in [0.2, 0.25) is 5.13 Å². The summed E-state index contributed by atoms with van der Waals surface area (Å²) >= 11 is 5.33. The first-order valence-corrected chi connectivity index (χ1v) is 3.59. The second-order valence-corrected chi connectivity index (χ2v) is 2.83. The number of hydrogen-bond donors (Lipinski definition) is 1. The Morgan fingerprint density at radius 2 is 1.91 bits per heavy atom. The third kappa shape index (κ3) is 1.91. The molecule has 11 heavy (non-hydrogen) atoms. The summed E-state index contributed by atoms with van der Waals surface area (Å²) < 4.78 is 13.1. The molecule has 0 aromatic heterocycles. The third-order valence-corrected chi connectivity index (χ3v) is 1.73. The van der Waals surface area contributed by atoms with E-state index in [1.807, 2.05) is 0 Å². The predicted octanol–water partition coefficient (Wildman–Crippen LogP) is 2.04. The topological polar surface area (TPSA) is 20.2 Å². The summed E-state index contributed by atoms with van der Waals surface area (Å²) in [6.07, 6.45) is 0. The predicted molar refractivity (Wildman–Crippen MR) is 42.2 cm³/mol. The number of halogens is 2. The number of rotatable bonds is 2. The van der Waals surface area contributed by atoms with Crippen LogP contribution in [0.2, 0.25) is 0 Å². The number of alkyl halides is 2. The van der Waals surface area contributed by atoms with Gasteiger partial charge in [0, 0.05) is 5.56 Å². The highest BCUT2D eigenvalue weighted by atomic mass is 35.5. The fourth-order valence-electron chi connectivity index (χ4n) is 0.773. The van der Waals surface area contributed by atoms with Crippen LogP contribution >= 0.6 is 11.6 Å². The van der Waals surface area contributed by atoms with Crippen LogP contribution in [0.3, 0.4) is 0 Å². The standard InChI is InChI=1S/C8H8ClFO/c9-8(10,6-11)7-4-2-1-3-5-7/h1-5,11H,6H2/t8-/m0/s1. The van der Waals surface area contributed by atoms with Gasteiger partial charge in [0.1, 0.15) is 0 Å². The number of hydrogen-bond acceptors (Lipinski definition) is 1. The van der Waals surface area contributed by atoms with Crippen molar-refractivity contribution in [2.24, 2.45) is 0 Å². The maximum Gasteiger partial charge on any atom is 0.231 e. The lowest BCUT2D eigenvalue weighted by Crippen LogP contribution is -2.16. The van der Waals surface area contributed by atoms with Gasteiger partial charge < -0.3 is 5.11 Å². The zero-order valence-corrected chi connectivity index (χ0v) is 6.55. The van der Waals surface area contributed by atoms with Crippen molar-refractivity contribution in [3.8, 4) is 0 Å². The van der Waals surface area contributed by atoms with Crippen molar-refractivity contribution in [1.29, 1.82) is 0 Å². The first kappa shape index (κ1) is 8.50. The van der Waals surface area contributed by atoms with Gasteiger partial charge in [0.25, 0.3) is 0 Å². The Hall–Kier alpha value is -0.600. The fourth-order valence-corrected chi connectivity index (χ4v) is 0.899. The molecule has 3 heteroatoms. The molecule has 0 bridgehead atoms. The summed E-state index contributed by atoms with van der Waals surface area (Å²) in [6.45, 7) is -0.710. The zero-order valence-electron chi connectivity index (χ0n) is 5.80. The van der Waals surface area contributed by atoms with E-state index in [4.69, 9.17) is 16.7 Å². The molecule has 0 unspecified atom stereocenters. The first-order chi connectivity index (χ1) is 5.17. The molecule has 1 nitrogen and oxygen atoms in total. The van der Waals surface area contributed by atoms with Crippen LogP contribution in [0, 0.1) is 0 Å². The minimum atomic E-state index is -2.14. The van der Waals surface area contributed by atoms with Gasteiger partial charge in [0.15, 0.2) is 0 Å². The molecule has 0 amide bonds. The maximum atomic E-state index is 13.1. The van der Waals surface area contributed by atoms with Crippen LogP contribution in [-0.4, -0.2) is 11.7 Å². The Kier molecular flexibility index (Phi) is 2.47. The van der Waals surface area contributed by atoms with Crippen molar-refractivity contribution in [1.82, 2.24) is 0 Å². The van der Waals surface area contributed by atoms with Crippen molar-refractivity contribution in [2.45, 2.75) is 5.13 Å². The molecule has 60 valence electrons. The molecule has 0 aliphatic heterocycles. The van der Waals surface area contributed by atoms with Gasteiger partial charge in [-0.3, -0.25) is 0 Å². The van der Waals surface area contributed by atoms with E-state index in [0.29, 0.717) is 0 Å². The van der Waals surface area contributed by atoms with Gasteiger partial charge in [-0.25, -0.2) is 4.39 Å². The molecule has 0 saturated heterocycles. The molecule has 0 aliphatic carbocycles.